The van der Waals surface area contributed by atoms with Crippen LogP contribution in [-0.2, 0) is 9.59 Å². The molecule has 0 radical (unpaired) electrons. The first-order valence-electron chi connectivity index (χ1n) is 8.96. The maximum absolute atomic E-state index is 13.1. The van der Waals surface area contributed by atoms with E-state index in [0.717, 1.165) is 17.5 Å². The van der Waals surface area contributed by atoms with Crippen molar-refractivity contribution < 1.29 is 14.7 Å². The molecule has 4 nitrogen and oxygen atoms in total. The van der Waals surface area contributed by atoms with Crippen LogP contribution in [0.15, 0.2) is 72.8 Å². The molecule has 2 aliphatic carbocycles. The van der Waals surface area contributed by atoms with Gasteiger partial charge in [0.25, 0.3) is 0 Å². The number of carboxylic acid groups (broad SMARTS) is 1. The Hall–Kier alpha value is -2.88. The summed E-state index contributed by atoms with van der Waals surface area (Å²) in [4.78, 5) is 24.8. The summed E-state index contributed by atoms with van der Waals surface area (Å²) in [5.74, 6) is -2.19. The molecular formula is C22H21NO3. The van der Waals surface area contributed by atoms with E-state index in [1.807, 2.05) is 72.8 Å². The number of fused-ring (bicyclic) bond motifs is 2. The summed E-state index contributed by atoms with van der Waals surface area (Å²) < 4.78 is 0. The molecule has 0 aliphatic heterocycles. The lowest BCUT2D eigenvalue weighted by Gasteiger charge is -2.27. The summed E-state index contributed by atoms with van der Waals surface area (Å²) in [5.41, 5.74) is 1.97. The summed E-state index contributed by atoms with van der Waals surface area (Å²) in [6, 6.07) is 19.3. The molecule has 4 atom stereocenters. The van der Waals surface area contributed by atoms with Crippen molar-refractivity contribution >= 4 is 11.9 Å². The molecule has 0 saturated heterocycles. The van der Waals surface area contributed by atoms with Crippen LogP contribution in [0.3, 0.4) is 0 Å². The molecule has 0 aromatic heterocycles. The molecule has 2 aliphatic rings. The first-order valence-corrected chi connectivity index (χ1v) is 8.96. The molecule has 1 saturated carbocycles. The first kappa shape index (κ1) is 16.6. The first-order chi connectivity index (χ1) is 12.6. The summed E-state index contributed by atoms with van der Waals surface area (Å²) in [5, 5.41) is 12.7. The molecule has 2 bridgehead atoms. The lowest BCUT2D eigenvalue weighted by Crippen LogP contribution is -2.41. The number of hydrogen-bond acceptors (Lipinski definition) is 2. The highest BCUT2D eigenvalue weighted by Crippen LogP contribution is 2.48. The van der Waals surface area contributed by atoms with Gasteiger partial charge in [-0.3, -0.25) is 9.59 Å². The monoisotopic (exact) mass is 347 g/mol. The van der Waals surface area contributed by atoms with Crippen LogP contribution in [0, 0.1) is 23.7 Å². The van der Waals surface area contributed by atoms with Crippen LogP contribution in [0.2, 0.25) is 0 Å². The predicted octanol–water partition coefficient (Wildman–Crippen LogP) is 3.42. The number of rotatable bonds is 5. The van der Waals surface area contributed by atoms with Gasteiger partial charge >= 0.3 is 5.97 Å². The van der Waals surface area contributed by atoms with Crippen LogP contribution < -0.4 is 5.32 Å². The zero-order chi connectivity index (χ0) is 18.1. The average molecular weight is 347 g/mol. The van der Waals surface area contributed by atoms with Gasteiger partial charge < -0.3 is 10.4 Å². The van der Waals surface area contributed by atoms with Gasteiger partial charge in [0.05, 0.1) is 17.9 Å². The van der Waals surface area contributed by atoms with Crippen molar-refractivity contribution in [3.05, 3.63) is 83.9 Å². The molecule has 2 aromatic rings. The molecule has 0 heterocycles. The van der Waals surface area contributed by atoms with Gasteiger partial charge in [-0.05, 0) is 29.4 Å². The van der Waals surface area contributed by atoms with E-state index in [9.17, 15) is 14.7 Å². The van der Waals surface area contributed by atoms with Gasteiger partial charge in [0.15, 0.2) is 0 Å². The highest BCUT2D eigenvalue weighted by atomic mass is 16.4. The van der Waals surface area contributed by atoms with E-state index in [1.165, 1.54) is 0 Å². The van der Waals surface area contributed by atoms with Crippen LogP contribution in [0.1, 0.15) is 23.6 Å². The third kappa shape index (κ3) is 2.92. The maximum Gasteiger partial charge on any atom is 0.307 e. The van der Waals surface area contributed by atoms with Gasteiger partial charge in [-0.2, -0.15) is 0 Å². The number of hydrogen-bond donors (Lipinski definition) is 2. The van der Waals surface area contributed by atoms with E-state index < -0.39 is 17.8 Å². The molecule has 1 fully saturated rings. The second-order valence-corrected chi connectivity index (χ2v) is 7.10. The lowest BCUT2D eigenvalue weighted by atomic mass is 9.82. The van der Waals surface area contributed by atoms with Crippen molar-refractivity contribution in [2.24, 2.45) is 23.7 Å². The topological polar surface area (TPSA) is 66.4 Å². The van der Waals surface area contributed by atoms with Crippen LogP contribution in [0.5, 0.6) is 0 Å². The number of carboxylic acids is 1. The fourth-order valence-electron chi connectivity index (χ4n) is 4.40. The second-order valence-electron chi connectivity index (χ2n) is 7.10. The van der Waals surface area contributed by atoms with E-state index >= 15 is 0 Å². The lowest BCUT2D eigenvalue weighted by molar-refractivity contribution is -0.147. The largest absolute Gasteiger partial charge is 0.481 e. The highest BCUT2D eigenvalue weighted by Gasteiger charge is 2.51. The number of nitrogens with one attached hydrogen (secondary N) is 1. The van der Waals surface area contributed by atoms with Crippen molar-refractivity contribution in [3.8, 4) is 0 Å². The van der Waals surface area contributed by atoms with Crippen molar-refractivity contribution in [1.29, 1.82) is 0 Å². The number of aliphatic carboxylic acids is 1. The Morgan fingerprint density at radius 2 is 1.35 bits per heavy atom. The van der Waals surface area contributed by atoms with Crippen molar-refractivity contribution in [2.75, 3.05) is 0 Å². The van der Waals surface area contributed by atoms with Crippen LogP contribution in [0.4, 0.5) is 0 Å². The van der Waals surface area contributed by atoms with E-state index in [-0.39, 0.29) is 23.8 Å². The molecule has 1 amide bonds. The Kier molecular flexibility index (Phi) is 4.33. The zero-order valence-corrected chi connectivity index (χ0v) is 14.3. The molecule has 0 unspecified atom stereocenters. The van der Waals surface area contributed by atoms with Crippen molar-refractivity contribution in [1.82, 2.24) is 5.32 Å². The number of benzene rings is 2. The SMILES string of the molecule is O=C(O)[C@@H]1[C@H](C(=O)NC(c2ccccc2)c2ccccc2)[C@H]2C=C[C@H]1C2. The predicted molar refractivity (Wildman–Crippen MR) is 98.2 cm³/mol. The Labute approximate surface area is 152 Å². The summed E-state index contributed by atoms with van der Waals surface area (Å²) in [6.07, 6.45) is 4.73. The van der Waals surface area contributed by atoms with Crippen LogP contribution >= 0.6 is 0 Å². The molecule has 4 rings (SSSR count). The smallest absolute Gasteiger partial charge is 0.307 e. The summed E-state index contributed by atoms with van der Waals surface area (Å²) in [7, 11) is 0. The van der Waals surface area contributed by atoms with Gasteiger partial charge in [-0.15, -0.1) is 0 Å². The zero-order valence-electron chi connectivity index (χ0n) is 14.3. The van der Waals surface area contributed by atoms with Gasteiger partial charge in [-0.1, -0.05) is 72.8 Å². The summed E-state index contributed by atoms with van der Waals surface area (Å²) in [6.45, 7) is 0. The van der Waals surface area contributed by atoms with E-state index in [2.05, 4.69) is 5.32 Å². The Bertz CT molecular complexity index is 791. The quantitative estimate of drug-likeness (QED) is 0.815. The Balaban J connectivity index is 1.63. The average Bonchev–Trinajstić information content (AvgIpc) is 3.29. The standard InChI is InChI=1S/C22H21NO3/c24-21(18-16-11-12-17(13-16)19(18)22(25)26)23-20(14-7-3-1-4-8-14)15-9-5-2-6-10-15/h1-12,16-20H,13H2,(H,23,24)(H,25,26)/t16-,17-,18+,19-/m0/s1. The van der Waals surface area contributed by atoms with E-state index in [0.29, 0.717) is 0 Å². The molecule has 2 aromatic carbocycles. The molecule has 2 N–H and O–H groups in total. The highest BCUT2D eigenvalue weighted by molar-refractivity contribution is 5.87. The van der Waals surface area contributed by atoms with Crippen LogP contribution in [-0.4, -0.2) is 17.0 Å². The van der Waals surface area contributed by atoms with Gasteiger partial charge in [-0.25, -0.2) is 0 Å². The van der Waals surface area contributed by atoms with E-state index in [4.69, 9.17) is 0 Å². The fourth-order valence-corrected chi connectivity index (χ4v) is 4.40. The minimum absolute atomic E-state index is 0.0216. The third-order valence-electron chi connectivity index (χ3n) is 5.60. The minimum Gasteiger partial charge on any atom is -0.481 e. The molecule has 26 heavy (non-hydrogen) atoms. The van der Waals surface area contributed by atoms with Gasteiger partial charge in [0.1, 0.15) is 0 Å². The molecule has 0 spiro atoms. The number of carbonyl (C=O) groups is 2. The van der Waals surface area contributed by atoms with Crippen LogP contribution in [0.25, 0.3) is 0 Å². The molecule has 4 heteroatoms. The number of carbonyl (C=O) groups excluding carboxylic acids is 1. The normalized spacial score (nSPS) is 26.2. The van der Waals surface area contributed by atoms with Gasteiger partial charge in [0.2, 0.25) is 5.91 Å². The number of allylic oxidation sites excluding steroid dienone is 2. The maximum atomic E-state index is 13.1. The minimum atomic E-state index is -0.877. The van der Waals surface area contributed by atoms with E-state index in [1.54, 1.807) is 0 Å². The fraction of sp³-hybridized carbons (Fsp3) is 0.273. The van der Waals surface area contributed by atoms with Crippen molar-refractivity contribution in [3.63, 3.8) is 0 Å². The molecule has 132 valence electrons. The third-order valence-corrected chi connectivity index (χ3v) is 5.60. The van der Waals surface area contributed by atoms with Gasteiger partial charge in [0, 0.05) is 0 Å². The second kappa shape index (κ2) is 6.79. The van der Waals surface area contributed by atoms with Crippen molar-refractivity contribution in [2.45, 2.75) is 12.5 Å². The Morgan fingerprint density at radius 3 is 1.85 bits per heavy atom. The Morgan fingerprint density at radius 1 is 0.846 bits per heavy atom. The summed E-state index contributed by atoms with van der Waals surface area (Å²) >= 11 is 0. The number of amides is 1. The molecular weight excluding hydrogens is 326 g/mol.